The third kappa shape index (κ3) is 4.34. The van der Waals surface area contributed by atoms with Gasteiger partial charge in [0.15, 0.2) is 5.82 Å². The maximum Gasteiger partial charge on any atom is 0.243 e. The number of rotatable bonds is 4. The lowest BCUT2D eigenvalue weighted by atomic mass is 10.1. The van der Waals surface area contributed by atoms with Crippen molar-refractivity contribution in [2.24, 2.45) is 0 Å². The number of hydrogen-bond donors (Lipinski definition) is 0. The van der Waals surface area contributed by atoms with Crippen molar-refractivity contribution in [2.45, 2.75) is 18.2 Å². The largest absolute Gasteiger partial charge is 0.352 e. The van der Waals surface area contributed by atoms with Gasteiger partial charge in [0, 0.05) is 50.9 Å². The minimum Gasteiger partial charge on any atom is -0.352 e. The summed E-state index contributed by atoms with van der Waals surface area (Å²) in [5.41, 5.74) is 3.52. The Morgan fingerprint density at radius 2 is 1.59 bits per heavy atom. The summed E-state index contributed by atoms with van der Waals surface area (Å²) in [6.45, 7) is 3.92. The first kappa shape index (κ1) is 23.6. The summed E-state index contributed by atoms with van der Waals surface area (Å²) < 4.78 is 28.2. The van der Waals surface area contributed by atoms with Crippen LogP contribution in [-0.4, -0.2) is 61.6 Å². The highest BCUT2D eigenvalue weighted by atomic mass is 32.2. The summed E-state index contributed by atoms with van der Waals surface area (Å²) in [4.78, 5) is 15.8. The highest BCUT2D eigenvalue weighted by Gasteiger charge is 2.31. The summed E-state index contributed by atoms with van der Waals surface area (Å²) in [7, 11) is -3.62. The van der Waals surface area contributed by atoms with Crippen molar-refractivity contribution in [1.29, 1.82) is 0 Å². The van der Waals surface area contributed by atoms with E-state index in [-0.39, 0.29) is 10.8 Å². The van der Waals surface area contributed by atoms with Gasteiger partial charge in [-0.05, 0) is 59.2 Å². The molecule has 9 heteroatoms. The molecule has 1 amide bonds. The maximum absolute atomic E-state index is 13.3. The lowest BCUT2D eigenvalue weighted by Gasteiger charge is -2.34. The summed E-state index contributed by atoms with van der Waals surface area (Å²) >= 11 is 0. The van der Waals surface area contributed by atoms with Gasteiger partial charge in [0.1, 0.15) is 0 Å². The van der Waals surface area contributed by atoms with Crippen molar-refractivity contribution in [3.05, 3.63) is 78.4 Å². The van der Waals surface area contributed by atoms with E-state index in [0.29, 0.717) is 39.1 Å². The van der Waals surface area contributed by atoms with Crippen molar-refractivity contribution >= 4 is 38.2 Å². The first-order valence-corrected chi connectivity index (χ1v) is 13.8. The van der Waals surface area contributed by atoms with E-state index in [2.05, 4.69) is 39.4 Å². The van der Waals surface area contributed by atoms with E-state index in [9.17, 15) is 13.2 Å². The molecule has 0 atom stereocenters. The van der Waals surface area contributed by atoms with Crippen molar-refractivity contribution in [2.75, 3.05) is 42.5 Å². The van der Waals surface area contributed by atoms with Crippen LogP contribution in [0.25, 0.3) is 22.0 Å². The van der Waals surface area contributed by atoms with Crippen molar-refractivity contribution in [3.8, 4) is 11.3 Å². The second-order valence-electron chi connectivity index (χ2n) is 9.44. The van der Waals surface area contributed by atoms with E-state index < -0.39 is 10.0 Å². The summed E-state index contributed by atoms with van der Waals surface area (Å²) in [6, 6.07) is 23.4. The fourth-order valence-electron chi connectivity index (χ4n) is 5.17. The van der Waals surface area contributed by atoms with Crippen LogP contribution in [0.5, 0.6) is 0 Å². The summed E-state index contributed by atoms with van der Waals surface area (Å²) in [5.74, 6) is 0.710. The van der Waals surface area contributed by atoms with Gasteiger partial charge in [-0.1, -0.05) is 36.4 Å². The zero-order valence-electron chi connectivity index (χ0n) is 20.5. The van der Waals surface area contributed by atoms with Gasteiger partial charge in [0.25, 0.3) is 0 Å². The quantitative estimate of drug-likeness (QED) is 0.414. The van der Waals surface area contributed by atoms with E-state index in [4.69, 9.17) is 0 Å². The molecule has 0 spiro atoms. The van der Waals surface area contributed by atoms with Gasteiger partial charge < -0.3 is 9.80 Å². The van der Waals surface area contributed by atoms with Crippen molar-refractivity contribution < 1.29 is 13.2 Å². The number of aromatic nitrogens is 2. The minimum absolute atomic E-state index is 0.0288. The van der Waals surface area contributed by atoms with Gasteiger partial charge in [-0.15, -0.1) is 10.2 Å². The molecule has 1 saturated heterocycles. The molecule has 1 aromatic heterocycles. The minimum atomic E-state index is -3.62. The highest BCUT2D eigenvalue weighted by molar-refractivity contribution is 7.89. The summed E-state index contributed by atoms with van der Waals surface area (Å²) in [6.07, 6.45) is 0.667. The van der Waals surface area contributed by atoms with Gasteiger partial charge in [-0.2, -0.15) is 4.31 Å². The van der Waals surface area contributed by atoms with Crippen LogP contribution in [0.4, 0.5) is 11.5 Å². The fraction of sp³-hybridized carbons (Fsp3) is 0.250. The van der Waals surface area contributed by atoms with Gasteiger partial charge in [-0.25, -0.2) is 8.42 Å². The van der Waals surface area contributed by atoms with Crippen molar-refractivity contribution in [1.82, 2.24) is 14.5 Å². The number of piperazine rings is 1. The number of carbonyl (C=O) groups is 1. The highest BCUT2D eigenvalue weighted by Crippen LogP contribution is 2.31. The van der Waals surface area contributed by atoms with E-state index in [1.807, 2.05) is 30.3 Å². The molecule has 3 heterocycles. The Morgan fingerprint density at radius 3 is 2.32 bits per heavy atom. The summed E-state index contributed by atoms with van der Waals surface area (Å²) in [5, 5.41) is 11.2. The molecule has 2 aliphatic heterocycles. The molecule has 0 N–H and O–H groups in total. The van der Waals surface area contributed by atoms with Crippen molar-refractivity contribution in [3.63, 3.8) is 0 Å². The number of nitrogens with zero attached hydrogens (tertiary/aromatic N) is 5. The molecule has 3 aromatic carbocycles. The number of amides is 1. The Bertz CT molecular complexity index is 1600. The van der Waals surface area contributed by atoms with Gasteiger partial charge in [0.2, 0.25) is 15.9 Å². The van der Waals surface area contributed by atoms with Crippen LogP contribution in [0, 0.1) is 0 Å². The van der Waals surface area contributed by atoms with Crippen LogP contribution in [-0.2, 0) is 21.2 Å². The Hall–Kier alpha value is -3.82. The first-order chi connectivity index (χ1) is 17.9. The van der Waals surface area contributed by atoms with E-state index in [0.717, 1.165) is 33.7 Å². The number of carbonyl (C=O) groups excluding carboxylic acids is 1. The molecule has 2 aliphatic rings. The zero-order chi connectivity index (χ0) is 25.6. The molecule has 0 saturated carbocycles. The number of anilines is 2. The zero-order valence-corrected chi connectivity index (χ0v) is 21.4. The third-order valence-corrected chi connectivity index (χ3v) is 9.12. The van der Waals surface area contributed by atoms with Crippen LogP contribution in [0.15, 0.2) is 77.7 Å². The number of benzene rings is 3. The van der Waals surface area contributed by atoms with E-state index in [1.165, 1.54) is 16.6 Å². The SMILES string of the molecule is CC(=O)N1CCc2cc(S(=O)(=O)N3CCN(c4ccc(-c5ccc6ccccc6c5)nn4)CC3)ccc21. The Labute approximate surface area is 216 Å². The Kier molecular flexibility index (Phi) is 5.89. The molecule has 0 radical (unpaired) electrons. The average Bonchev–Trinajstić information content (AvgIpc) is 3.37. The van der Waals surface area contributed by atoms with E-state index in [1.54, 1.807) is 23.1 Å². The van der Waals surface area contributed by atoms with Gasteiger partial charge in [-0.3, -0.25) is 4.79 Å². The second-order valence-corrected chi connectivity index (χ2v) is 11.4. The lowest BCUT2D eigenvalue weighted by molar-refractivity contribution is -0.116. The molecule has 8 nitrogen and oxygen atoms in total. The lowest BCUT2D eigenvalue weighted by Crippen LogP contribution is -2.49. The molecule has 188 valence electrons. The van der Waals surface area contributed by atoms with Crippen LogP contribution in [0.2, 0.25) is 0 Å². The topological polar surface area (TPSA) is 86.7 Å². The van der Waals surface area contributed by atoms with Crippen LogP contribution in [0.3, 0.4) is 0 Å². The predicted molar refractivity (Wildman–Crippen MR) is 144 cm³/mol. The van der Waals surface area contributed by atoms with Crippen LogP contribution < -0.4 is 9.80 Å². The molecule has 0 aliphatic carbocycles. The molecule has 0 bridgehead atoms. The molecule has 0 unspecified atom stereocenters. The molecule has 37 heavy (non-hydrogen) atoms. The molecule has 6 rings (SSSR count). The third-order valence-electron chi connectivity index (χ3n) is 7.22. The van der Waals surface area contributed by atoms with Gasteiger partial charge >= 0.3 is 0 Å². The number of sulfonamides is 1. The molecular weight excluding hydrogens is 486 g/mol. The Morgan fingerprint density at radius 1 is 0.811 bits per heavy atom. The molecule has 4 aromatic rings. The van der Waals surface area contributed by atoms with E-state index >= 15 is 0 Å². The normalized spacial score (nSPS) is 16.2. The predicted octanol–water partition coefficient (Wildman–Crippen LogP) is 3.72. The van der Waals surface area contributed by atoms with Gasteiger partial charge in [0.05, 0.1) is 10.6 Å². The monoisotopic (exact) mass is 513 g/mol. The number of hydrogen-bond acceptors (Lipinski definition) is 6. The van der Waals surface area contributed by atoms with Crippen LogP contribution >= 0.6 is 0 Å². The maximum atomic E-state index is 13.3. The molecular formula is C28H27N5O3S. The number of fused-ring (bicyclic) bond motifs is 2. The fourth-order valence-corrected chi connectivity index (χ4v) is 6.64. The standard InChI is InChI=1S/C28H27N5O3S/c1-20(34)33-13-12-24-19-25(8-10-27(24)33)37(35,36)32-16-14-31(15-17-32)28-11-9-26(29-30-28)23-7-6-21-4-2-3-5-22(21)18-23/h2-11,18-19H,12-17H2,1H3. The first-order valence-electron chi connectivity index (χ1n) is 12.4. The van der Waals surface area contributed by atoms with Crippen LogP contribution in [0.1, 0.15) is 12.5 Å². The smallest absolute Gasteiger partial charge is 0.243 e. The average molecular weight is 514 g/mol. The second kappa shape index (κ2) is 9.24. The molecule has 1 fully saturated rings. The Balaban J connectivity index is 1.14.